The van der Waals surface area contributed by atoms with Gasteiger partial charge in [0.1, 0.15) is 0 Å². The van der Waals surface area contributed by atoms with Crippen molar-refractivity contribution in [3.63, 3.8) is 0 Å². The van der Waals surface area contributed by atoms with Gasteiger partial charge >= 0.3 is 0 Å². The first-order chi connectivity index (χ1) is 8.24. The minimum atomic E-state index is 0.228. The van der Waals surface area contributed by atoms with E-state index in [0.29, 0.717) is 6.42 Å². The molecule has 1 amide bonds. The number of nitrogens with zero attached hydrogens (tertiary/aromatic N) is 2. The van der Waals surface area contributed by atoms with E-state index in [0.717, 1.165) is 6.54 Å². The highest BCUT2D eigenvalue weighted by atomic mass is 16.2. The molecule has 0 saturated carbocycles. The lowest BCUT2D eigenvalue weighted by Gasteiger charge is -2.27. The summed E-state index contributed by atoms with van der Waals surface area (Å²) in [5.41, 5.74) is 3.84. The third kappa shape index (κ3) is 1.90. The lowest BCUT2D eigenvalue weighted by molar-refractivity contribution is -0.130. The van der Waals surface area contributed by atoms with Crippen molar-refractivity contribution in [1.29, 1.82) is 0 Å². The van der Waals surface area contributed by atoms with Crippen LogP contribution in [0.4, 0.5) is 5.69 Å². The molecule has 0 spiro atoms. The Balaban J connectivity index is 1.90. The SMILES string of the molecule is CN1Cc2cc(N3CCCC3)ccc2CC1=O. The smallest absolute Gasteiger partial charge is 0.227 e. The fourth-order valence-corrected chi connectivity index (χ4v) is 2.75. The Kier molecular flexibility index (Phi) is 2.54. The zero-order valence-corrected chi connectivity index (χ0v) is 10.3. The Bertz CT molecular complexity index is 450. The number of hydrogen-bond donors (Lipinski definition) is 0. The zero-order valence-electron chi connectivity index (χ0n) is 10.3. The van der Waals surface area contributed by atoms with E-state index in [1.807, 2.05) is 11.9 Å². The molecule has 0 radical (unpaired) electrons. The number of fused-ring (bicyclic) bond motifs is 1. The van der Waals surface area contributed by atoms with E-state index in [-0.39, 0.29) is 5.91 Å². The maximum Gasteiger partial charge on any atom is 0.227 e. The topological polar surface area (TPSA) is 23.6 Å². The van der Waals surface area contributed by atoms with Crippen LogP contribution >= 0.6 is 0 Å². The van der Waals surface area contributed by atoms with Crippen molar-refractivity contribution < 1.29 is 4.79 Å². The van der Waals surface area contributed by atoms with Crippen LogP contribution in [-0.2, 0) is 17.8 Å². The summed E-state index contributed by atoms with van der Waals surface area (Å²) in [6, 6.07) is 6.57. The van der Waals surface area contributed by atoms with Gasteiger partial charge in [0.15, 0.2) is 0 Å². The minimum absolute atomic E-state index is 0.228. The molecule has 2 heterocycles. The number of benzene rings is 1. The van der Waals surface area contributed by atoms with Crippen LogP contribution in [0.3, 0.4) is 0 Å². The lowest BCUT2D eigenvalue weighted by Crippen LogP contribution is -2.32. The van der Waals surface area contributed by atoms with E-state index in [2.05, 4.69) is 23.1 Å². The average Bonchev–Trinajstić information content (AvgIpc) is 2.83. The number of carbonyl (C=O) groups is 1. The van der Waals surface area contributed by atoms with Crippen LogP contribution in [0.25, 0.3) is 0 Å². The largest absolute Gasteiger partial charge is 0.372 e. The summed E-state index contributed by atoms with van der Waals surface area (Å²) in [4.78, 5) is 15.9. The van der Waals surface area contributed by atoms with Gasteiger partial charge in [0.05, 0.1) is 6.42 Å². The molecule has 0 aliphatic carbocycles. The van der Waals surface area contributed by atoms with Crippen molar-refractivity contribution in [3.05, 3.63) is 29.3 Å². The minimum Gasteiger partial charge on any atom is -0.372 e. The summed E-state index contributed by atoms with van der Waals surface area (Å²) in [7, 11) is 1.88. The van der Waals surface area contributed by atoms with Crippen LogP contribution in [0.2, 0.25) is 0 Å². The summed E-state index contributed by atoms with van der Waals surface area (Å²) in [5, 5.41) is 0. The highest BCUT2D eigenvalue weighted by Crippen LogP contribution is 2.26. The van der Waals surface area contributed by atoms with E-state index >= 15 is 0 Å². The average molecular weight is 230 g/mol. The summed E-state index contributed by atoms with van der Waals surface area (Å²) in [6.07, 6.45) is 3.16. The number of hydrogen-bond acceptors (Lipinski definition) is 2. The molecule has 1 aromatic carbocycles. The molecule has 90 valence electrons. The normalized spacial score (nSPS) is 19.7. The summed E-state index contributed by atoms with van der Waals surface area (Å²) in [5.74, 6) is 0.228. The summed E-state index contributed by atoms with van der Waals surface area (Å²) in [6.45, 7) is 3.11. The Morgan fingerprint density at radius 3 is 2.65 bits per heavy atom. The van der Waals surface area contributed by atoms with Gasteiger partial charge < -0.3 is 9.80 Å². The van der Waals surface area contributed by atoms with Crippen molar-refractivity contribution in [2.24, 2.45) is 0 Å². The predicted molar refractivity (Wildman–Crippen MR) is 68.1 cm³/mol. The van der Waals surface area contributed by atoms with Crippen LogP contribution in [0.15, 0.2) is 18.2 Å². The van der Waals surface area contributed by atoms with Crippen molar-refractivity contribution in [2.75, 3.05) is 25.0 Å². The van der Waals surface area contributed by atoms with Crippen LogP contribution in [0.5, 0.6) is 0 Å². The van der Waals surface area contributed by atoms with Gasteiger partial charge in [-0.05, 0) is 36.1 Å². The second kappa shape index (κ2) is 4.06. The van der Waals surface area contributed by atoms with Crippen molar-refractivity contribution in [1.82, 2.24) is 4.90 Å². The number of rotatable bonds is 1. The van der Waals surface area contributed by atoms with Gasteiger partial charge in [-0.25, -0.2) is 0 Å². The molecule has 0 unspecified atom stereocenters. The fraction of sp³-hybridized carbons (Fsp3) is 0.500. The lowest BCUT2D eigenvalue weighted by atomic mass is 9.98. The Labute approximate surface area is 102 Å². The van der Waals surface area contributed by atoms with Gasteiger partial charge in [-0.15, -0.1) is 0 Å². The Morgan fingerprint density at radius 1 is 1.12 bits per heavy atom. The Morgan fingerprint density at radius 2 is 1.88 bits per heavy atom. The Hall–Kier alpha value is -1.51. The maximum absolute atomic E-state index is 11.6. The predicted octanol–water partition coefficient (Wildman–Crippen LogP) is 1.80. The molecule has 0 N–H and O–H groups in total. The first-order valence-electron chi connectivity index (χ1n) is 6.35. The third-order valence-corrected chi connectivity index (χ3v) is 3.84. The van der Waals surface area contributed by atoms with E-state index in [1.54, 1.807) is 0 Å². The molecule has 2 aliphatic rings. The van der Waals surface area contributed by atoms with Crippen LogP contribution in [-0.4, -0.2) is 30.9 Å². The third-order valence-electron chi connectivity index (χ3n) is 3.84. The molecule has 1 saturated heterocycles. The second-order valence-corrected chi connectivity index (χ2v) is 5.07. The quantitative estimate of drug-likeness (QED) is 0.734. The van der Waals surface area contributed by atoms with Crippen molar-refractivity contribution >= 4 is 11.6 Å². The maximum atomic E-state index is 11.6. The van der Waals surface area contributed by atoms with Crippen molar-refractivity contribution in [3.8, 4) is 0 Å². The van der Waals surface area contributed by atoms with Crippen molar-refractivity contribution in [2.45, 2.75) is 25.8 Å². The standard InChI is InChI=1S/C14H18N2O/c1-15-10-12-8-13(16-6-2-3-7-16)5-4-11(12)9-14(15)17/h4-5,8H,2-3,6-7,9-10H2,1H3. The summed E-state index contributed by atoms with van der Waals surface area (Å²) >= 11 is 0. The molecular weight excluding hydrogens is 212 g/mol. The number of anilines is 1. The van der Waals surface area contributed by atoms with Crippen LogP contribution in [0, 0.1) is 0 Å². The highest BCUT2D eigenvalue weighted by Gasteiger charge is 2.21. The zero-order chi connectivity index (χ0) is 11.8. The molecule has 0 bridgehead atoms. The molecule has 0 atom stereocenters. The van der Waals surface area contributed by atoms with Gasteiger partial charge in [-0.2, -0.15) is 0 Å². The molecule has 2 aliphatic heterocycles. The van der Waals surface area contributed by atoms with E-state index in [4.69, 9.17) is 0 Å². The fourth-order valence-electron chi connectivity index (χ4n) is 2.75. The van der Waals surface area contributed by atoms with Gasteiger partial charge in [0.25, 0.3) is 0 Å². The molecule has 3 heteroatoms. The molecular formula is C14H18N2O. The van der Waals surface area contributed by atoms with Crippen LogP contribution < -0.4 is 4.90 Å². The van der Waals surface area contributed by atoms with Gasteiger partial charge in [-0.3, -0.25) is 4.79 Å². The van der Waals surface area contributed by atoms with E-state index in [9.17, 15) is 4.79 Å². The number of amides is 1. The van der Waals surface area contributed by atoms with E-state index < -0.39 is 0 Å². The van der Waals surface area contributed by atoms with E-state index in [1.165, 1.54) is 42.7 Å². The van der Waals surface area contributed by atoms with Gasteiger partial charge in [0, 0.05) is 32.4 Å². The monoisotopic (exact) mass is 230 g/mol. The molecule has 0 aromatic heterocycles. The second-order valence-electron chi connectivity index (χ2n) is 5.07. The molecule has 1 fully saturated rings. The number of likely N-dealkylation sites (N-methyl/N-ethyl adjacent to an activating group) is 1. The first kappa shape index (κ1) is 10.6. The summed E-state index contributed by atoms with van der Waals surface area (Å²) < 4.78 is 0. The molecule has 1 aromatic rings. The molecule has 3 nitrogen and oxygen atoms in total. The highest BCUT2D eigenvalue weighted by molar-refractivity contribution is 5.81. The first-order valence-corrected chi connectivity index (χ1v) is 6.35. The van der Waals surface area contributed by atoms with Gasteiger partial charge in [-0.1, -0.05) is 6.07 Å². The molecule has 17 heavy (non-hydrogen) atoms. The number of carbonyl (C=O) groups excluding carboxylic acids is 1. The molecule has 3 rings (SSSR count). The van der Waals surface area contributed by atoms with Gasteiger partial charge in [0.2, 0.25) is 5.91 Å². The van der Waals surface area contributed by atoms with Crippen LogP contribution in [0.1, 0.15) is 24.0 Å².